The van der Waals surface area contributed by atoms with Crippen LogP contribution in [-0.2, 0) is 18.3 Å². The lowest BCUT2D eigenvalue weighted by Gasteiger charge is -2.07. The van der Waals surface area contributed by atoms with E-state index in [0.717, 1.165) is 11.3 Å². The van der Waals surface area contributed by atoms with Gasteiger partial charge in [0.2, 0.25) is 0 Å². The van der Waals surface area contributed by atoms with E-state index in [1.807, 2.05) is 0 Å². The van der Waals surface area contributed by atoms with Crippen molar-refractivity contribution in [2.24, 2.45) is 7.05 Å². The Morgan fingerprint density at radius 3 is 3.00 bits per heavy atom. The minimum Gasteiger partial charge on any atom is -0.464 e. The number of nitrogens with two attached hydrogens (primary N) is 1. The Morgan fingerprint density at radius 1 is 1.58 bits per heavy atom. The minimum absolute atomic E-state index is 0.256. The summed E-state index contributed by atoms with van der Waals surface area (Å²) in [7, 11) is 3.10. The van der Waals surface area contributed by atoms with Crippen LogP contribution in [0, 0.1) is 0 Å². The number of hydrogen-bond donors (Lipinski definition) is 2. The second-order valence-electron chi connectivity index (χ2n) is 3.95. The molecule has 0 aliphatic rings. The Kier molecular flexibility index (Phi) is 3.65. The van der Waals surface area contributed by atoms with Crippen LogP contribution >= 0.6 is 0 Å². The monoisotopic (exact) mass is 261 g/mol. The summed E-state index contributed by atoms with van der Waals surface area (Å²) in [5.41, 5.74) is 7.75. The van der Waals surface area contributed by atoms with Gasteiger partial charge in [0.25, 0.3) is 0 Å². The lowest BCUT2D eigenvalue weighted by atomic mass is 10.3. The molecule has 2 aromatic rings. The third-order valence-corrected chi connectivity index (χ3v) is 2.70. The molecule has 0 spiro atoms. The second kappa shape index (κ2) is 5.38. The van der Waals surface area contributed by atoms with Gasteiger partial charge in [-0.25, -0.2) is 9.78 Å². The van der Waals surface area contributed by atoms with Crippen molar-refractivity contribution in [3.05, 3.63) is 35.8 Å². The van der Waals surface area contributed by atoms with Crippen LogP contribution in [0.4, 0.5) is 11.5 Å². The maximum absolute atomic E-state index is 11.4. The normalized spacial score (nSPS) is 10.2. The summed E-state index contributed by atoms with van der Waals surface area (Å²) >= 11 is 0. The average Bonchev–Trinajstić information content (AvgIpc) is 2.76. The van der Waals surface area contributed by atoms with Gasteiger partial charge in [-0.2, -0.15) is 5.10 Å². The van der Waals surface area contributed by atoms with Gasteiger partial charge in [-0.1, -0.05) is 0 Å². The van der Waals surface area contributed by atoms with Crippen molar-refractivity contribution in [1.82, 2.24) is 14.8 Å². The zero-order valence-electron chi connectivity index (χ0n) is 10.8. The molecule has 0 unspecified atom stereocenters. The number of carbonyl (C=O) groups is 1. The summed E-state index contributed by atoms with van der Waals surface area (Å²) in [6, 6.07) is 3.39. The van der Waals surface area contributed by atoms with E-state index in [1.165, 1.54) is 7.11 Å². The number of hydrogen-bond acceptors (Lipinski definition) is 6. The number of ether oxygens (including phenoxy) is 1. The van der Waals surface area contributed by atoms with E-state index in [-0.39, 0.29) is 5.69 Å². The van der Waals surface area contributed by atoms with Gasteiger partial charge in [0.1, 0.15) is 11.5 Å². The molecule has 0 saturated carbocycles. The Morgan fingerprint density at radius 2 is 2.37 bits per heavy atom. The number of aromatic nitrogens is 3. The molecule has 7 nitrogen and oxygen atoms in total. The number of esters is 1. The first-order valence-electron chi connectivity index (χ1n) is 5.66. The number of anilines is 2. The number of nitrogens with zero attached hydrogens (tertiary/aromatic N) is 3. The number of carbonyl (C=O) groups excluding carboxylic acids is 1. The molecule has 0 fully saturated rings. The number of aryl methyl sites for hydroxylation is 1. The predicted molar refractivity (Wildman–Crippen MR) is 70.5 cm³/mol. The third kappa shape index (κ3) is 2.82. The van der Waals surface area contributed by atoms with Crippen LogP contribution in [0.2, 0.25) is 0 Å². The lowest BCUT2D eigenvalue weighted by Crippen LogP contribution is -2.07. The van der Waals surface area contributed by atoms with Crippen LogP contribution in [0.25, 0.3) is 0 Å². The standard InChI is InChI=1S/C12H15N5O2/c1-17-11(13)8(7-16-17)6-15-9-3-4-14-10(5-9)12(18)19-2/h3-5,7H,6,13H2,1-2H3,(H,14,15). The fourth-order valence-electron chi connectivity index (χ4n) is 1.58. The summed E-state index contributed by atoms with van der Waals surface area (Å²) in [4.78, 5) is 15.3. The number of nitrogens with one attached hydrogen (secondary N) is 1. The third-order valence-electron chi connectivity index (χ3n) is 2.70. The van der Waals surface area contributed by atoms with Gasteiger partial charge >= 0.3 is 5.97 Å². The zero-order valence-corrected chi connectivity index (χ0v) is 10.8. The first-order chi connectivity index (χ1) is 9.11. The van der Waals surface area contributed by atoms with Gasteiger partial charge in [0.15, 0.2) is 0 Å². The van der Waals surface area contributed by atoms with Crippen molar-refractivity contribution in [3.63, 3.8) is 0 Å². The summed E-state index contributed by atoms with van der Waals surface area (Å²) in [5, 5.41) is 7.21. The predicted octanol–water partition coefficient (Wildman–Crippen LogP) is 0.796. The molecule has 0 atom stereocenters. The topological polar surface area (TPSA) is 95.1 Å². The van der Waals surface area contributed by atoms with E-state index in [0.29, 0.717) is 12.4 Å². The Labute approximate surface area is 110 Å². The summed E-state index contributed by atoms with van der Waals surface area (Å²) < 4.78 is 6.21. The van der Waals surface area contributed by atoms with Crippen molar-refractivity contribution in [2.75, 3.05) is 18.2 Å². The Bertz CT molecular complexity index is 594. The van der Waals surface area contributed by atoms with Gasteiger partial charge in [-0.05, 0) is 12.1 Å². The van der Waals surface area contributed by atoms with Crippen molar-refractivity contribution >= 4 is 17.5 Å². The van der Waals surface area contributed by atoms with Crippen molar-refractivity contribution in [1.29, 1.82) is 0 Å². The minimum atomic E-state index is -0.468. The Balaban J connectivity index is 2.07. The van der Waals surface area contributed by atoms with E-state index in [2.05, 4.69) is 20.1 Å². The van der Waals surface area contributed by atoms with Crippen molar-refractivity contribution in [2.45, 2.75) is 6.54 Å². The van der Waals surface area contributed by atoms with E-state index in [9.17, 15) is 4.79 Å². The fraction of sp³-hybridized carbons (Fsp3) is 0.250. The van der Waals surface area contributed by atoms with Crippen LogP contribution in [0.3, 0.4) is 0 Å². The highest BCUT2D eigenvalue weighted by Gasteiger charge is 2.08. The largest absolute Gasteiger partial charge is 0.464 e. The molecule has 0 aliphatic carbocycles. The molecule has 19 heavy (non-hydrogen) atoms. The average molecular weight is 261 g/mol. The second-order valence-corrected chi connectivity index (χ2v) is 3.95. The number of nitrogen functional groups attached to an aromatic ring is 1. The fourth-order valence-corrected chi connectivity index (χ4v) is 1.58. The van der Waals surface area contributed by atoms with E-state index in [1.54, 1.807) is 36.3 Å². The molecule has 0 aromatic carbocycles. The van der Waals surface area contributed by atoms with E-state index in [4.69, 9.17) is 5.73 Å². The summed E-state index contributed by atoms with van der Waals surface area (Å²) in [5.74, 6) is 0.138. The van der Waals surface area contributed by atoms with Crippen LogP contribution in [0.5, 0.6) is 0 Å². The molecule has 0 radical (unpaired) electrons. The first kappa shape index (κ1) is 12.9. The Hall–Kier alpha value is -2.57. The highest BCUT2D eigenvalue weighted by Crippen LogP contribution is 2.14. The zero-order chi connectivity index (χ0) is 13.8. The quantitative estimate of drug-likeness (QED) is 0.790. The molecule has 2 heterocycles. The van der Waals surface area contributed by atoms with Crippen molar-refractivity contribution in [3.8, 4) is 0 Å². The van der Waals surface area contributed by atoms with Gasteiger partial charge in [-0.15, -0.1) is 0 Å². The van der Waals surface area contributed by atoms with Gasteiger partial charge in [-0.3, -0.25) is 4.68 Å². The molecule has 100 valence electrons. The van der Waals surface area contributed by atoms with Crippen LogP contribution < -0.4 is 11.1 Å². The van der Waals surface area contributed by atoms with Crippen LogP contribution in [0.1, 0.15) is 16.1 Å². The maximum atomic E-state index is 11.4. The number of rotatable bonds is 4. The lowest BCUT2D eigenvalue weighted by molar-refractivity contribution is 0.0594. The van der Waals surface area contributed by atoms with E-state index < -0.39 is 5.97 Å². The molecular weight excluding hydrogens is 246 g/mol. The van der Waals surface area contributed by atoms with Crippen LogP contribution in [0.15, 0.2) is 24.5 Å². The molecule has 0 amide bonds. The van der Waals surface area contributed by atoms with Gasteiger partial charge < -0.3 is 15.8 Å². The smallest absolute Gasteiger partial charge is 0.356 e. The van der Waals surface area contributed by atoms with Crippen molar-refractivity contribution < 1.29 is 9.53 Å². The van der Waals surface area contributed by atoms with Gasteiger partial charge in [0, 0.05) is 31.0 Å². The highest BCUT2D eigenvalue weighted by atomic mass is 16.5. The molecule has 2 rings (SSSR count). The summed E-state index contributed by atoms with van der Waals surface area (Å²) in [6.45, 7) is 0.518. The van der Waals surface area contributed by atoms with Crippen LogP contribution in [-0.4, -0.2) is 27.8 Å². The molecule has 0 saturated heterocycles. The maximum Gasteiger partial charge on any atom is 0.356 e. The molecule has 7 heteroatoms. The number of pyridine rings is 1. The molecule has 2 aromatic heterocycles. The summed E-state index contributed by atoms with van der Waals surface area (Å²) in [6.07, 6.45) is 3.24. The molecule has 3 N–H and O–H groups in total. The van der Waals surface area contributed by atoms with Gasteiger partial charge in [0.05, 0.1) is 13.3 Å². The molecule has 0 aliphatic heterocycles. The molecule has 0 bridgehead atoms. The molecular formula is C12H15N5O2. The number of methoxy groups -OCH3 is 1. The first-order valence-corrected chi connectivity index (χ1v) is 5.66. The van der Waals surface area contributed by atoms with E-state index >= 15 is 0 Å². The highest BCUT2D eigenvalue weighted by molar-refractivity contribution is 5.88. The SMILES string of the molecule is COC(=O)c1cc(NCc2cnn(C)c2N)ccn1.